The Bertz CT molecular complexity index is 353. The first kappa shape index (κ1) is 14.8. The van der Waals surface area contributed by atoms with Gasteiger partial charge in [0.05, 0.1) is 0 Å². The largest absolute Gasteiger partial charge is 0.330 e. The van der Waals surface area contributed by atoms with Crippen LogP contribution in [-0.2, 0) is 0 Å². The first-order valence-corrected chi connectivity index (χ1v) is 6.83. The minimum Gasteiger partial charge on any atom is -0.330 e. The predicted octanol–water partition coefficient (Wildman–Crippen LogP) is 3.12. The normalized spacial score (nSPS) is 12.4. The quantitative estimate of drug-likeness (QED) is 0.719. The first-order valence-electron chi connectivity index (χ1n) is 6.83. The predicted molar refractivity (Wildman–Crippen MR) is 74.6 cm³/mol. The zero-order chi connectivity index (χ0) is 13.4. The van der Waals surface area contributed by atoms with E-state index < -0.39 is 0 Å². The fourth-order valence-electron chi connectivity index (χ4n) is 2.19. The Hall–Kier alpha value is -1.22. The van der Waals surface area contributed by atoms with Gasteiger partial charge in [-0.05, 0) is 44.4 Å². The molecule has 2 N–H and O–H groups in total. The van der Waals surface area contributed by atoms with E-state index in [0.29, 0.717) is 18.9 Å². The molecule has 0 fully saturated rings. The molecule has 18 heavy (non-hydrogen) atoms. The molecule has 100 valence electrons. The summed E-state index contributed by atoms with van der Waals surface area (Å²) in [5.41, 5.74) is 7.27. The smallest absolute Gasteiger partial charge is 0.164 e. The number of nitrogens with zero attached hydrogens (tertiary/aromatic N) is 1. The number of hydrogen-bond donors (Lipinski definition) is 1. The lowest BCUT2D eigenvalue weighted by Gasteiger charge is -2.14. The molecule has 1 unspecified atom stereocenters. The highest BCUT2D eigenvalue weighted by atomic mass is 16.1. The second-order valence-corrected chi connectivity index (χ2v) is 4.88. The fraction of sp³-hybridized carbons (Fsp3) is 0.600. The number of hydrogen-bond acceptors (Lipinski definition) is 3. The summed E-state index contributed by atoms with van der Waals surface area (Å²) in [7, 11) is 0. The highest BCUT2D eigenvalue weighted by molar-refractivity contribution is 5.95. The summed E-state index contributed by atoms with van der Waals surface area (Å²) in [5, 5.41) is 0. The number of aromatic nitrogens is 1. The molecule has 0 aliphatic rings. The van der Waals surface area contributed by atoms with Gasteiger partial charge in [0.1, 0.15) is 0 Å². The highest BCUT2D eigenvalue weighted by Crippen LogP contribution is 2.18. The van der Waals surface area contributed by atoms with Crippen molar-refractivity contribution in [1.29, 1.82) is 0 Å². The van der Waals surface area contributed by atoms with Crippen LogP contribution >= 0.6 is 0 Å². The van der Waals surface area contributed by atoms with Crippen LogP contribution in [-0.4, -0.2) is 17.3 Å². The van der Waals surface area contributed by atoms with Crippen molar-refractivity contribution in [3.05, 3.63) is 29.6 Å². The number of pyridine rings is 1. The van der Waals surface area contributed by atoms with E-state index in [2.05, 4.69) is 11.9 Å². The van der Waals surface area contributed by atoms with Crippen LogP contribution in [0.25, 0.3) is 0 Å². The molecular formula is C15H24N2O. The molecule has 0 saturated heterocycles. The lowest BCUT2D eigenvalue weighted by molar-refractivity contribution is 0.0972. The van der Waals surface area contributed by atoms with Gasteiger partial charge in [0, 0.05) is 23.9 Å². The summed E-state index contributed by atoms with van der Waals surface area (Å²) in [6.45, 7) is 4.81. The summed E-state index contributed by atoms with van der Waals surface area (Å²) in [5.74, 6) is 0.781. The molecule has 3 nitrogen and oxygen atoms in total. The highest BCUT2D eigenvalue weighted by Gasteiger charge is 2.11. The van der Waals surface area contributed by atoms with Crippen LogP contribution in [0.4, 0.5) is 0 Å². The number of nitrogens with two attached hydrogens (primary N) is 1. The van der Waals surface area contributed by atoms with Gasteiger partial charge in [-0.2, -0.15) is 0 Å². The van der Waals surface area contributed by atoms with E-state index in [1.807, 2.05) is 19.1 Å². The molecule has 0 spiro atoms. The summed E-state index contributed by atoms with van der Waals surface area (Å²) in [6, 6.07) is 3.75. The van der Waals surface area contributed by atoms with Gasteiger partial charge in [-0.3, -0.25) is 9.78 Å². The molecule has 0 aliphatic heterocycles. The molecule has 1 rings (SSSR count). The van der Waals surface area contributed by atoms with Crippen molar-refractivity contribution in [3.8, 4) is 0 Å². The van der Waals surface area contributed by atoms with Crippen molar-refractivity contribution in [1.82, 2.24) is 4.98 Å². The van der Waals surface area contributed by atoms with Crippen LogP contribution in [0.15, 0.2) is 18.3 Å². The molecule has 0 aromatic carbocycles. The Morgan fingerprint density at radius 2 is 2.11 bits per heavy atom. The van der Waals surface area contributed by atoms with E-state index in [1.165, 1.54) is 0 Å². The Balaban J connectivity index is 2.46. The molecule has 3 heteroatoms. The number of aryl methyl sites for hydroxylation is 1. The zero-order valence-corrected chi connectivity index (χ0v) is 11.5. The van der Waals surface area contributed by atoms with Crippen LogP contribution in [0, 0.1) is 12.8 Å². The molecule has 0 bridgehead atoms. The average Bonchev–Trinajstić information content (AvgIpc) is 2.37. The van der Waals surface area contributed by atoms with Crippen LogP contribution < -0.4 is 5.73 Å². The number of ketones is 1. The standard InChI is InChI=1S/C15H24N2O/c1-3-4-13(9-10-16)6-8-15(18)14-7-5-12(2)17-11-14/h5,7,11,13H,3-4,6,8-10,16H2,1-2H3. The van der Waals surface area contributed by atoms with E-state index in [0.717, 1.165) is 36.9 Å². The minimum absolute atomic E-state index is 0.195. The lowest BCUT2D eigenvalue weighted by atomic mass is 9.92. The van der Waals surface area contributed by atoms with E-state index in [1.54, 1.807) is 6.20 Å². The zero-order valence-electron chi connectivity index (χ0n) is 11.5. The lowest BCUT2D eigenvalue weighted by Crippen LogP contribution is -2.11. The van der Waals surface area contributed by atoms with E-state index >= 15 is 0 Å². The Labute approximate surface area is 110 Å². The van der Waals surface area contributed by atoms with Crippen LogP contribution in [0.3, 0.4) is 0 Å². The summed E-state index contributed by atoms with van der Waals surface area (Å²) in [6.07, 6.45) is 6.57. The maximum Gasteiger partial charge on any atom is 0.164 e. The minimum atomic E-state index is 0.195. The van der Waals surface area contributed by atoms with E-state index in [-0.39, 0.29) is 5.78 Å². The topological polar surface area (TPSA) is 56.0 Å². The Morgan fingerprint density at radius 3 is 2.67 bits per heavy atom. The molecule has 0 saturated carbocycles. The second-order valence-electron chi connectivity index (χ2n) is 4.88. The molecule has 1 atom stereocenters. The molecule has 0 amide bonds. The molecule has 1 aromatic heterocycles. The van der Waals surface area contributed by atoms with Crippen LogP contribution in [0.5, 0.6) is 0 Å². The van der Waals surface area contributed by atoms with Crippen molar-refractivity contribution in [2.24, 2.45) is 11.7 Å². The fourth-order valence-corrected chi connectivity index (χ4v) is 2.19. The van der Waals surface area contributed by atoms with Crippen LogP contribution in [0.2, 0.25) is 0 Å². The Kier molecular flexibility index (Phi) is 6.58. The van der Waals surface area contributed by atoms with Gasteiger partial charge >= 0.3 is 0 Å². The molecular weight excluding hydrogens is 224 g/mol. The third-order valence-electron chi connectivity index (χ3n) is 3.28. The average molecular weight is 248 g/mol. The van der Waals surface area contributed by atoms with Gasteiger partial charge in [0.25, 0.3) is 0 Å². The number of Topliss-reactive ketones (excluding diaryl/α,β-unsaturated/α-hetero) is 1. The summed E-state index contributed by atoms with van der Waals surface area (Å²) in [4.78, 5) is 16.2. The van der Waals surface area contributed by atoms with Gasteiger partial charge in [0.2, 0.25) is 0 Å². The van der Waals surface area contributed by atoms with Gasteiger partial charge in [0.15, 0.2) is 5.78 Å². The van der Waals surface area contributed by atoms with Crippen molar-refractivity contribution in [3.63, 3.8) is 0 Å². The van der Waals surface area contributed by atoms with Gasteiger partial charge < -0.3 is 5.73 Å². The maximum absolute atomic E-state index is 12.0. The van der Waals surface area contributed by atoms with Gasteiger partial charge in [-0.15, -0.1) is 0 Å². The summed E-state index contributed by atoms with van der Waals surface area (Å²) < 4.78 is 0. The first-order chi connectivity index (χ1) is 8.67. The Morgan fingerprint density at radius 1 is 1.33 bits per heavy atom. The summed E-state index contributed by atoms with van der Waals surface area (Å²) >= 11 is 0. The van der Waals surface area contributed by atoms with Crippen molar-refractivity contribution < 1.29 is 4.79 Å². The molecule has 1 heterocycles. The molecule has 0 radical (unpaired) electrons. The van der Waals surface area contributed by atoms with Crippen molar-refractivity contribution in [2.75, 3.05) is 6.54 Å². The van der Waals surface area contributed by atoms with Crippen molar-refractivity contribution in [2.45, 2.75) is 46.0 Å². The SMILES string of the molecule is CCCC(CCN)CCC(=O)c1ccc(C)nc1. The van der Waals surface area contributed by atoms with Crippen molar-refractivity contribution >= 4 is 5.78 Å². The van der Waals surface area contributed by atoms with E-state index in [9.17, 15) is 4.79 Å². The van der Waals surface area contributed by atoms with Gasteiger partial charge in [-0.1, -0.05) is 19.8 Å². The molecule has 1 aromatic rings. The van der Waals surface area contributed by atoms with E-state index in [4.69, 9.17) is 5.73 Å². The maximum atomic E-state index is 12.0. The second kappa shape index (κ2) is 7.98. The number of carbonyl (C=O) groups is 1. The third-order valence-corrected chi connectivity index (χ3v) is 3.28. The van der Waals surface area contributed by atoms with Crippen LogP contribution in [0.1, 0.15) is 55.1 Å². The van der Waals surface area contributed by atoms with Gasteiger partial charge in [-0.25, -0.2) is 0 Å². The monoisotopic (exact) mass is 248 g/mol. The number of rotatable bonds is 8. The third kappa shape index (κ3) is 4.96. The number of carbonyl (C=O) groups excluding carboxylic acids is 1. The molecule has 0 aliphatic carbocycles.